The number of hydrogen-bond donors (Lipinski definition) is 1. The van der Waals surface area contributed by atoms with Crippen molar-refractivity contribution in [1.29, 1.82) is 0 Å². The van der Waals surface area contributed by atoms with E-state index >= 15 is 0 Å². The smallest absolute Gasteiger partial charge is 0.341 e. The van der Waals surface area contributed by atoms with Gasteiger partial charge in [0.1, 0.15) is 4.60 Å². The number of nitrogens with zero attached hydrogens (tertiary/aromatic N) is 2. The maximum Gasteiger partial charge on any atom is 0.341 e. The second-order valence-electron chi connectivity index (χ2n) is 5.13. The second-order valence-corrected chi connectivity index (χ2v) is 5.88. The van der Waals surface area contributed by atoms with Crippen LogP contribution in [0.2, 0.25) is 0 Å². The summed E-state index contributed by atoms with van der Waals surface area (Å²) in [5, 5.41) is 7.71. The maximum absolute atomic E-state index is 12.5. The fraction of sp³-hybridized carbons (Fsp3) is 0.562. The SMILES string of the molecule is CCCCC(OCC)c1c(C(=O)OCC)c(Br)nc2[nH]ncc12. The van der Waals surface area contributed by atoms with Crippen LogP contribution in [0, 0.1) is 0 Å². The highest BCUT2D eigenvalue weighted by Crippen LogP contribution is 2.35. The minimum absolute atomic E-state index is 0.196. The van der Waals surface area contributed by atoms with Crippen molar-refractivity contribution in [3.05, 3.63) is 21.9 Å². The molecule has 0 spiro atoms. The number of halogens is 1. The molecule has 7 heteroatoms. The lowest BCUT2D eigenvalue weighted by Gasteiger charge is -2.21. The van der Waals surface area contributed by atoms with Crippen molar-refractivity contribution < 1.29 is 14.3 Å². The predicted octanol–water partition coefficient (Wildman–Crippen LogP) is 4.16. The molecule has 0 aliphatic carbocycles. The number of fused-ring (bicyclic) bond motifs is 1. The van der Waals surface area contributed by atoms with E-state index in [-0.39, 0.29) is 6.10 Å². The first-order chi connectivity index (χ1) is 11.1. The van der Waals surface area contributed by atoms with E-state index in [2.05, 4.69) is 38.0 Å². The van der Waals surface area contributed by atoms with E-state index in [9.17, 15) is 4.79 Å². The number of aromatic amines is 1. The normalized spacial score (nSPS) is 12.5. The molecule has 0 aromatic carbocycles. The molecule has 2 heterocycles. The second kappa shape index (κ2) is 8.40. The molecule has 0 saturated carbocycles. The van der Waals surface area contributed by atoms with Gasteiger partial charge in [-0.3, -0.25) is 5.10 Å². The summed E-state index contributed by atoms with van der Waals surface area (Å²) in [6.07, 6.45) is 4.38. The van der Waals surface area contributed by atoms with Crippen LogP contribution < -0.4 is 0 Å². The van der Waals surface area contributed by atoms with Crippen molar-refractivity contribution in [2.75, 3.05) is 13.2 Å². The van der Waals surface area contributed by atoms with Crippen LogP contribution in [0.3, 0.4) is 0 Å². The Morgan fingerprint density at radius 2 is 2.13 bits per heavy atom. The fourth-order valence-corrected chi connectivity index (χ4v) is 3.15. The topological polar surface area (TPSA) is 77.1 Å². The van der Waals surface area contributed by atoms with Gasteiger partial charge in [0.05, 0.1) is 24.5 Å². The van der Waals surface area contributed by atoms with E-state index in [0.717, 1.165) is 30.2 Å². The van der Waals surface area contributed by atoms with E-state index in [0.29, 0.717) is 29.0 Å². The quantitative estimate of drug-likeness (QED) is 0.546. The highest BCUT2D eigenvalue weighted by molar-refractivity contribution is 9.10. The predicted molar refractivity (Wildman–Crippen MR) is 91.4 cm³/mol. The highest BCUT2D eigenvalue weighted by atomic mass is 79.9. The molecule has 126 valence electrons. The zero-order chi connectivity index (χ0) is 16.8. The van der Waals surface area contributed by atoms with E-state index in [1.165, 1.54) is 0 Å². The van der Waals surface area contributed by atoms with E-state index in [1.54, 1.807) is 13.1 Å². The van der Waals surface area contributed by atoms with Gasteiger partial charge in [0, 0.05) is 17.6 Å². The summed E-state index contributed by atoms with van der Waals surface area (Å²) in [6, 6.07) is 0. The number of ether oxygens (including phenoxy) is 2. The van der Waals surface area contributed by atoms with E-state index in [1.807, 2.05) is 6.92 Å². The Hall–Kier alpha value is -1.47. The Morgan fingerprint density at radius 1 is 1.35 bits per heavy atom. The number of aromatic nitrogens is 3. The molecule has 0 saturated heterocycles. The van der Waals surface area contributed by atoms with Crippen LogP contribution in [0.5, 0.6) is 0 Å². The number of pyridine rings is 1. The van der Waals surface area contributed by atoms with Crippen LogP contribution in [0.15, 0.2) is 10.8 Å². The first kappa shape index (κ1) is 17.9. The van der Waals surface area contributed by atoms with Crippen molar-refractivity contribution >= 4 is 32.9 Å². The summed E-state index contributed by atoms with van der Waals surface area (Å²) in [6.45, 7) is 6.74. The number of carbonyl (C=O) groups excluding carboxylic acids is 1. The maximum atomic E-state index is 12.5. The number of rotatable bonds is 8. The van der Waals surface area contributed by atoms with Crippen LogP contribution in [0.4, 0.5) is 0 Å². The lowest BCUT2D eigenvalue weighted by molar-refractivity contribution is 0.0455. The number of hydrogen-bond acceptors (Lipinski definition) is 5. The van der Waals surface area contributed by atoms with Crippen molar-refractivity contribution in [2.24, 2.45) is 0 Å². The molecule has 2 aromatic heterocycles. The fourth-order valence-electron chi connectivity index (χ4n) is 2.60. The number of nitrogens with one attached hydrogen (secondary N) is 1. The summed E-state index contributed by atoms with van der Waals surface area (Å²) < 4.78 is 11.6. The van der Waals surface area contributed by atoms with Gasteiger partial charge < -0.3 is 9.47 Å². The van der Waals surface area contributed by atoms with Gasteiger partial charge in [-0.05, 0) is 36.2 Å². The van der Waals surface area contributed by atoms with Gasteiger partial charge in [-0.1, -0.05) is 19.8 Å². The van der Waals surface area contributed by atoms with Gasteiger partial charge in [0.2, 0.25) is 0 Å². The molecule has 0 aliphatic heterocycles. The van der Waals surface area contributed by atoms with Gasteiger partial charge in [0.25, 0.3) is 0 Å². The summed E-state index contributed by atoms with van der Waals surface area (Å²) in [5.74, 6) is -0.397. The van der Waals surface area contributed by atoms with Crippen molar-refractivity contribution in [3.8, 4) is 0 Å². The van der Waals surface area contributed by atoms with Crippen molar-refractivity contribution in [1.82, 2.24) is 15.2 Å². The van der Waals surface area contributed by atoms with Crippen LogP contribution >= 0.6 is 15.9 Å². The third-order valence-corrected chi connectivity index (χ3v) is 4.16. The molecule has 0 bridgehead atoms. The largest absolute Gasteiger partial charge is 0.462 e. The summed E-state index contributed by atoms with van der Waals surface area (Å²) >= 11 is 3.40. The Labute approximate surface area is 144 Å². The van der Waals surface area contributed by atoms with Gasteiger partial charge in [-0.2, -0.15) is 5.10 Å². The van der Waals surface area contributed by atoms with Crippen LogP contribution in [-0.4, -0.2) is 34.4 Å². The van der Waals surface area contributed by atoms with Gasteiger partial charge in [-0.15, -0.1) is 0 Å². The Balaban J connectivity index is 2.62. The molecule has 0 radical (unpaired) electrons. The molecular weight excluding hydrogens is 362 g/mol. The summed E-state index contributed by atoms with van der Waals surface area (Å²) in [5.41, 5.74) is 1.85. The number of H-pyrrole nitrogens is 1. The van der Waals surface area contributed by atoms with Crippen molar-refractivity contribution in [3.63, 3.8) is 0 Å². The highest BCUT2D eigenvalue weighted by Gasteiger charge is 2.27. The summed E-state index contributed by atoms with van der Waals surface area (Å²) in [4.78, 5) is 16.8. The van der Waals surface area contributed by atoms with E-state index in [4.69, 9.17) is 9.47 Å². The molecule has 1 N–H and O–H groups in total. The van der Waals surface area contributed by atoms with Crippen LogP contribution in [0.25, 0.3) is 11.0 Å². The Morgan fingerprint density at radius 3 is 2.78 bits per heavy atom. The zero-order valence-corrected chi connectivity index (χ0v) is 15.3. The van der Waals surface area contributed by atoms with Gasteiger partial charge in [-0.25, -0.2) is 9.78 Å². The Bertz CT molecular complexity index is 672. The third-order valence-electron chi connectivity index (χ3n) is 3.58. The summed E-state index contributed by atoms with van der Waals surface area (Å²) in [7, 11) is 0. The van der Waals surface area contributed by atoms with Crippen molar-refractivity contribution in [2.45, 2.75) is 46.1 Å². The standard InChI is InChI=1S/C16H22BrN3O3/c1-4-7-8-11(22-5-2)12-10-9-18-20-15(10)19-14(17)13(12)16(21)23-6-3/h9,11H,4-8H2,1-3H3,(H,18,19,20). The first-order valence-corrected chi connectivity index (χ1v) is 8.74. The molecule has 0 aliphatic rings. The lowest BCUT2D eigenvalue weighted by Crippen LogP contribution is -2.15. The first-order valence-electron chi connectivity index (χ1n) is 7.95. The molecule has 6 nitrogen and oxygen atoms in total. The lowest BCUT2D eigenvalue weighted by atomic mass is 9.97. The monoisotopic (exact) mass is 383 g/mol. The molecule has 1 atom stereocenters. The molecule has 0 amide bonds. The molecule has 23 heavy (non-hydrogen) atoms. The minimum atomic E-state index is -0.397. The minimum Gasteiger partial charge on any atom is -0.462 e. The molecule has 1 unspecified atom stereocenters. The van der Waals surface area contributed by atoms with Crippen LogP contribution in [0.1, 0.15) is 62.1 Å². The zero-order valence-electron chi connectivity index (χ0n) is 13.7. The number of carbonyl (C=O) groups is 1. The molecule has 2 aromatic rings. The molecule has 2 rings (SSSR count). The Kier molecular flexibility index (Phi) is 6.53. The molecular formula is C16H22BrN3O3. The average Bonchev–Trinajstić information content (AvgIpc) is 2.98. The molecule has 0 fully saturated rings. The van der Waals surface area contributed by atoms with E-state index < -0.39 is 5.97 Å². The number of esters is 1. The van der Waals surface area contributed by atoms with Gasteiger partial charge in [0.15, 0.2) is 5.65 Å². The number of unbranched alkanes of at least 4 members (excludes halogenated alkanes) is 1. The third kappa shape index (κ3) is 3.90. The average molecular weight is 384 g/mol. The van der Waals surface area contributed by atoms with Crippen LogP contribution in [-0.2, 0) is 9.47 Å². The van der Waals surface area contributed by atoms with Gasteiger partial charge >= 0.3 is 5.97 Å².